The van der Waals surface area contributed by atoms with Crippen LogP contribution in [-0.4, -0.2) is 35.4 Å². The minimum absolute atomic E-state index is 0.204. The summed E-state index contributed by atoms with van der Waals surface area (Å²) in [4.78, 5) is 18.0. The minimum atomic E-state index is 0.204. The average molecular weight is 263 g/mol. The van der Waals surface area contributed by atoms with Crippen molar-refractivity contribution in [2.75, 3.05) is 36.4 Å². The molecule has 1 fully saturated rings. The lowest BCUT2D eigenvalue weighted by atomic mass is 10.1. The van der Waals surface area contributed by atoms with Gasteiger partial charge in [-0.15, -0.1) is 0 Å². The molecule has 6 heteroatoms. The van der Waals surface area contributed by atoms with Crippen LogP contribution in [0.1, 0.15) is 25.7 Å². The van der Waals surface area contributed by atoms with Gasteiger partial charge in [0.25, 0.3) is 0 Å². The lowest BCUT2D eigenvalue weighted by Gasteiger charge is -2.26. The molecular weight excluding hydrogens is 242 g/mol. The number of nitrogens with zero attached hydrogens (tertiary/aromatic N) is 2. The summed E-state index contributed by atoms with van der Waals surface area (Å²) in [7, 11) is 0. The molecule has 104 valence electrons. The molecule has 0 spiro atoms. The third-order valence-corrected chi connectivity index (χ3v) is 3.31. The molecule has 0 aliphatic carbocycles. The predicted octanol–water partition coefficient (Wildman–Crippen LogP) is 1.06. The van der Waals surface area contributed by atoms with Gasteiger partial charge in [0.2, 0.25) is 5.91 Å². The third-order valence-electron chi connectivity index (χ3n) is 3.31. The quantitative estimate of drug-likeness (QED) is 0.754. The molecule has 5 N–H and O–H groups in total. The predicted molar refractivity (Wildman–Crippen MR) is 76.6 cm³/mol. The van der Waals surface area contributed by atoms with Gasteiger partial charge in [0, 0.05) is 26.1 Å². The van der Waals surface area contributed by atoms with E-state index in [9.17, 15) is 4.79 Å². The van der Waals surface area contributed by atoms with Gasteiger partial charge in [-0.25, -0.2) is 4.98 Å². The Morgan fingerprint density at radius 1 is 1.26 bits per heavy atom. The van der Waals surface area contributed by atoms with E-state index < -0.39 is 0 Å². The van der Waals surface area contributed by atoms with Gasteiger partial charge in [0.05, 0.1) is 5.69 Å². The van der Waals surface area contributed by atoms with Gasteiger partial charge in [-0.1, -0.05) is 0 Å². The van der Waals surface area contributed by atoms with Crippen molar-refractivity contribution in [3.05, 3.63) is 12.1 Å². The van der Waals surface area contributed by atoms with E-state index in [0.717, 1.165) is 25.9 Å². The van der Waals surface area contributed by atoms with Crippen molar-refractivity contribution in [2.45, 2.75) is 25.7 Å². The van der Waals surface area contributed by atoms with Crippen LogP contribution in [0.5, 0.6) is 0 Å². The van der Waals surface area contributed by atoms with Crippen LogP contribution in [-0.2, 0) is 4.79 Å². The number of likely N-dealkylation sites (tertiary alicyclic amines) is 1. The number of amides is 1. The first kappa shape index (κ1) is 13.5. The molecular formula is C13H21N5O. The van der Waals surface area contributed by atoms with Crippen LogP contribution in [0.15, 0.2) is 12.1 Å². The van der Waals surface area contributed by atoms with Crippen LogP contribution in [0.4, 0.5) is 17.3 Å². The van der Waals surface area contributed by atoms with Crippen LogP contribution in [0.25, 0.3) is 0 Å². The summed E-state index contributed by atoms with van der Waals surface area (Å²) >= 11 is 0. The minimum Gasteiger partial charge on any atom is -0.396 e. The SMILES string of the molecule is Nc1ccc(NCCC(=O)N2CCCCC2)nc1N. The second-order valence-corrected chi connectivity index (χ2v) is 4.79. The van der Waals surface area contributed by atoms with E-state index in [1.807, 2.05) is 4.90 Å². The van der Waals surface area contributed by atoms with E-state index in [0.29, 0.717) is 30.3 Å². The van der Waals surface area contributed by atoms with Crippen LogP contribution in [0.2, 0.25) is 0 Å². The third kappa shape index (κ3) is 3.74. The zero-order chi connectivity index (χ0) is 13.7. The van der Waals surface area contributed by atoms with Gasteiger partial charge in [0.15, 0.2) is 0 Å². The molecule has 19 heavy (non-hydrogen) atoms. The monoisotopic (exact) mass is 263 g/mol. The maximum atomic E-state index is 11.9. The lowest BCUT2D eigenvalue weighted by Crippen LogP contribution is -2.36. The number of nitrogens with two attached hydrogens (primary N) is 2. The molecule has 1 aliphatic rings. The van der Waals surface area contributed by atoms with E-state index in [-0.39, 0.29) is 5.91 Å². The number of hydrogen-bond acceptors (Lipinski definition) is 5. The molecule has 2 rings (SSSR count). The Bertz CT molecular complexity index is 443. The van der Waals surface area contributed by atoms with E-state index >= 15 is 0 Å². The van der Waals surface area contributed by atoms with Crippen molar-refractivity contribution in [3.63, 3.8) is 0 Å². The number of pyridine rings is 1. The molecule has 1 aromatic rings. The summed E-state index contributed by atoms with van der Waals surface area (Å²) in [5.74, 6) is 1.17. The Hall–Kier alpha value is -1.98. The number of nitrogens with one attached hydrogen (secondary N) is 1. The molecule has 0 unspecified atom stereocenters. The van der Waals surface area contributed by atoms with E-state index in [1.165, 1.54) is 6.42 Å². The van der Waals surface area contributed by atoms with Crippen molar-refractivity contribution in [1.29, 1.82) is 0 Å². The largest absolute Gasteiger partial charge is 0.396 e. The molecule has 0 saturated carbocycles. The van der Waals surface area contributed by atoms with E-state index in [4.69, 9.17) is 11.5 Å². The maximum Gasteiger partial charge on any atom is 0.224 e. The molecule has 1 saturated heterocycles. The normalized spacial score (nSPS) is 15.3. The fraction of sp³-hybridized carbons (Fsp3) is 0.538. The Labute approximate surface area is 113 Å². The Kier molecular flexibility index (Phi) is 4.43. The Morgan fingerprint density at radius 3 is 2.68 bits per heavy atom. The molecule has 1 aliphatic heterocycles. The number of hydrogen-bond donors (Lipinski definition) is 3. The van der Waals surface area contributed by atoms with Crippen molar-refractivity contribution in [3.8, 4) is 0 Å². The number of anilines is 3. The number of nitrogen functional groups attached to an aromatic ring is 2. The van der Waals surface area contributed by atoms with Crippen LogP contribution < -0.4 is 16.8 Å². The van der Waals surface area contributed by atoms with Crippen molar-refractivity contribution in [1.82, 2.24) is 9.88 Å². The van der Waals surface area contributed by atoms with Crippen molar-refractivity contribution in [2.24, 2.45) is 0 Å². The summed E-state index contributed by atoms with van der Waals surface area (Å²) in [6.07, 6.45) is 3.95. The van der Waals surface area contributed by atoms with Gasteiger partial charge in [0.1, 0.15) is 11.6 Å². The second kappa shape index (κ2) is 6.26. The lowest BCUT2D eigenvalue weighted by molar-refractivity contribution is -0.131. The standard InChI is InChI=1S/C13H21N5O/c14-10-4-5-11(17-13(10)15)16-7-6-12(19)18-8-2-1-3-9-18/h4-5H,1-3,6-9,14H2,(H3,15,16,17). The van der Waals surface area contributed by atoms with Crippen molar-refractivity contribution >= 4 is 23.2 Å². The average Bonchev–Trinajstić information content (AvgIpc) is 2.43. The van der Waals surface area contributed by atoms with Gasteiger partial charge < -0.3 is 21.7 Å². The molecule has 0 aromatic carbocycles. The van der Waals surface area contributed by atoms with Gasteiger partial charge in [-0.05, 0) is 31.4 Å². The molecule has 1 amide bonds. The number of carbonyl (C=O) groups excluding carboxylic acids is 1. The highest BCUT2D eigenvalue weighted by Gasteiger charge is 2.15. The first-order valence-corrected chi connectivity index (χ1v) is 6.70. The summed E-state index contributed by atoms with van der Waals surface area (Å²) in [5, 5.41) is 3.09. The molecule has 0 radical (unpaired) electrons. The molecule has 2 heterocycles. The number of aromatic nitrogens is 1. The fourth-order valence-corrected chi connectivity index (χ4v) is 2.18. The van der Waals surface area contributed by atoms with E-state index in [2.05, 4.69) is 10.3 Å². The number of rotatable bonds is 4. The first-order chi connectivity index (χ1) is 9.16. The van der Waals surface area contributed by atoms with Gasteiger partial charge >= 0.3 is 0 Å². The highest BCUT2D eigenvalue weighted by molar-refractivity contribution is 5.76. The smallest absolute Gasteiger partial charge is 0.224 e. The molecule has 0 atom stereocenters. The summed E-state index contributed by atoms with van der Waals surface area (Å²) in [6, 6.07) is 3.47. The topological polar surface area (TPSA) is 97.3 Å². The number of carbonyl (C=O) groups is 1. The summed E-state index contributed by atoms with van der Waals surface area (Å²) in [5.41, 5.74) is 11.7. The molecule has 0 bridgehead atoms. The maximum absolute atomic E-state index is 11.9. The first-order valence-electron chi connectivity index (χ1n) is 6.70. The summed E-state index contributed by atoms with van der Waals surface area (Å²) in [6.45, 7) is 2.35. The van der Waals surface area contributed by atoms with E-state index in [1.54, 1.807) is 12.1 Å². The zero-order valence-electron chi connectivity index (χ0n) is 11.1. The van der Waals surface area contributed by atoms with Crippen LogP contribution in [0.3, 0.4) is 0 Å². The number of piperidine rings is 1. The highest BCUT2D eigenvalue weighted by Crippen LogP contribution is 2.14. The second-order valence-electron chi connectivity index (χ2n) is 4.79. The fourth-order valence-electron chi connectivity index (χ4n) is 2.18. The summed E-state index contributed by atoms with van der Waals surface area (Å²) < 4.78 is 0. The highest BCUT2D eigenvalue weighted by atomic mass is 16.2. The zero-order valence-corrected chi connectivity index (χ0v) is 11.1. The Balaban J connectivity index is 1.76. The van der Waals surface area contributed by atoms with Crippen LogP contribution >= 0.6 is 0 Å². The Morgan fingerprint density at radius 2 is 2.00 bits per heavy atom. The molecule has 1 aromatic heterocycles. The van der Waals surface area contributed by atoms with Crippen molar-refractivity contribution < 1.29 is 4.79 Å². The molecule has 6 nitrogen and oxygen atoms in total. The van der Waals surface area contributed by atoms with Crippen LogP contribution in [0, 0.1) is 0 Å². The van der Waals surface area contributed by atoms with Gasteiger partial charge in [-0.2, -0.15) is 0 Å². The van der Waals surface area contributed by atoms with Gasteiger partial charge in [-0.3, -0.25) is 4.79 Å².